The molecule has 0 rings (SSSR count). The van der Waals surface area contributed by atoms with Crippen molar-refractivity contribution in [2.45, 2.75) is 51.9 Å². The molecule has 2 nitrogen and oxygen atoms in total. The van der Waals surface area contributed by atoms with Gasteiger partial charge in [-0.1, -0.05) is 20.8 Å². The fraction of sp³-hybridized carbons (Fsp3) is 1.00. The molecule has 0 aliphatic carbocycles. The Hall–Kier alpha value is 0.137. The van der Waals surface area contributed by atoms with Crippen molar-refractivity contribution in [1.29, 1.82) is 0 Å². The largest absolute Gasteiger partial charge is 0.412 e. The molecule has 0 aliphatic heterocycles. The van der Waals surface area contributed by atoms with E-state index in [0.29, 0.717) is 0 Å². The Morgan fingerprint density at radius 1 is 1.50 bits per heavy atom. The van der Waals surface area contributed by atoms with Gasteiger partial charge in [0.25, 0.3) is 0 Å². The summed E-state index contributed by atoms with van der Waals surface area (Å²) in [4.78, 5) is 0. The zero-order valence-electron chi connectivity index (χ0n) is 9.85. The van der Waals surface area contributed by atoms with Crippen LogP contribution >= 0.6 is 0 Å². The molecule has 74 valence electrons. The highest BCUT2D eigenvalue weighted by Gasteiger charge is 2.38. The van der Waals surface area contributed by atoms with Gasteiger partial charge in [-0.15, -0.1) is 0 Å². The topological polar surface area (TPSA) is 29.5 Å². The summed E-state index contributed by atoms with van der Waals surface area (Å²) in [6, 6.07) is 0. The zero-order chi connectivity index (χ0) is 10.7. The molecule has 0 saturated carbocycles. The van der Waals surface area contributed by atoms with Crippen LogP contribution in [-0.4, -0.2) is 26.1 Å². The second kappa shape index (κ2) is 3.90. The average Bonchev–Trinajstić information content (AvgIpc) is 1.98. The van der Waals surface area contributed by atoms with Gasteiger partial charge in [-0.2, -0.15) is 0 Å². The maximum Gasteiger partial charge on any atom is 0.192 e. The Morgan fingerprint density at radius 3 is 2.25 bits per heavy atom. The van der Waals surface area contributed by atoms with E-state index >= 15 is 0 Å². The first-order valence-electron chi connectivity index (χ1n) is 5.03. The normalized spacial score (nSPS) is 17.3. The smallest absolute Gasteiger partial charge is 0.192 e. The minimum Gasteiger partial charge on any atom is -0.412 e. The summed E-state index contributed by atoms with van der Waals surface area (Å²) in [7, 11) is -1.79. The van der Waals surface area contributed by atoms with Gasteiger partial charge in [0.2, 0.25) is 0 Å². The molecule has 1 N–H and O–H groups in total. The highest BCUT2D eigenvalue weighted by atomic mass is 28.4. The van der Waals surface area contributed by atoms with E-state index in [9.17, 15) is 0 Å². The van der Waals surface area contributed by atoms with Crippen LogP contribution in [0.4, 0.5) is 0 Å². The highest BCUT2D eigenvalue weighted by molar-refractivity contribution is 6.74. The van der Waals surface area contributed by atoms with E-state index in [1.807, 2.05) is 0 Å². The first kappa shape index (κ1) is 10.2. The van der Waals surface area contributed by atoms with Crippen LogP contribution in [0.5, 0.6) is 0 Å². The predicted molar refractivity (Wildman–Crippen MR) is 54.8 cm³/mol. The molecule has 0 radical (unpaired) electrons. The molecule has 0 aliphatic rings. The quantitative estimate of drug-likeness (QED) is 0.696. The summed E-state index contributed by atoms with van der Waals surface area (Å²) in [6.07, 6.45) is -0.305. The summed E-state index contributed by atoms with van der Waals surface area (Å²) < 4.78 is 13.0. The first-order chi connectivity index (χ1) is 5.74. The van der Waals surface area contributed by atoms with Gasteiger partial charge < -0.3 is 9.53 Å². The minimum absolute atomic E-state index is 0.0456. The predicted octanol–water partition coefficient (Wildman–Crippen LogP) is 2.39. The Labute approximate surface area is 78.5 Å². The average molecular weight is 192 g/mol. The number of hydrogen-bond donors (Lipinski definition) is 1. The molecule has 3 heteroatoms. The maximum absolute atomic E-state index is 8.93. The van der Waals surface area contributed by atoms with Gasteiger partial charge in [-0.05, 0) is 25.0 Å². The van der Waals surface area contributed by atoms with Gasteiger partial charge >= 0.3 is 0 Å². The van der Waals surface area contributed by atoms with Gasteiger partial charge in [0.05, 0.1) is 12.7 Å². The second-order valence-electron chi connectivity index (χ2n) is 4.68. The molecule has 0 bridgehead atoms. The highest BCUT2D eigenvalue weighted by Crippen LogP contribution is 2.37. The van der Waals surface area contributed by atoms with Gasteiger partial charge in [-0.25, -0.2) is 0 Å². The summed E-state index contributed by atoms with van der Waals surface area (Å²) >= 11 is 0. The van der Waals surface area contributed by atoms with Crippen molar-refractivity contribution in [1.82, 2.24) is 0 Å². The summed E-state index contributed by atoms with van der Waals surface area (Å²) in [5.41, 5.74) is 0. The third-order valence-corrected chi connectivity index (χ3v) is 7.01. The third kappa shape index (κ3) is 3.25. The van der Waals surface area contributed by atoms with E-state index < -0.39 is 8.32 Å². The van der Waals surface area contributed by atoms with Crippen molar-refractivity contribution in [2.24, 2.45) is 0 Å². The lowest BCUT2D eigenvalue weighted by Crippen LogP contribution is -2.44. The lowest BCUT2D eigenvalue weighted by molar-refractivity contribution is 0.117. The summed E-state index contributed by atoms with van der Waals surface area (Å²) in [6.45, 7) is 10.8. The molecule has 0 amide bonds. The number of aliphatic hydroxyl groups is 1. The van der Waals surface area contributed by atoms with E-state index in [-0.39, 0.29) is 24.6 Å². The maximum atomic E-state index is 8.93. The molecule has 0 saturated heterocycles. The lowest BCUT2D eigenvalue weighted by atomic mass is 10.2. The van der Waals surface area contributed by atoms with Crippen LogP contribution in [-0.2, 0) is 4.43 Å². The molecule has 12 heavy (non-hydrogen) atoms. The van der Waals surface area contributed by atoms with Crippen LogP contribution in [0.15, 0.2) is 0 Å². The number of hydrogen-bond acceptors (Lipinski definition) is 2. The van der Waals surface area contributed by atoms with Crippen molar-refractivity contribution in [2.75, 3.05) is 6.61 Å². The van der Waals surface area contributed by atoms with Gasteiger partial charge in [-0.3, -0.25) is 0 Å². The molecule has 0 spiro atoms. The molecule has 0 heterocycles. The Morgan fingerprint density at radius 2 is 2.00 bits per heavy atom. The Kier molecular flexibility index (Phi) is 3.32. The van der Waals surface area contributed by atoms with Crippen LogP contribution in [0, 0.1) is 0 Å². The van der Waals surface area contributed by atoms with Crippen molar-refractivity contribution in [3.63, 3.8) is 0 Å². The molecule has 1 atom stereocenters. The molecule has 0 fully saturated rings. The monoisotopic (exact) mass is 192 g/mol. The van der Waals surface area contributed by atoms with Crippen LogP contribution < -0.4 is 0 Å². The molecular formula is C9H22O2Si. The standard InChI is InChI=1S/C9H22O2Si/c1-8(7-10)11-12(5,6)9(2,3)4/h8,10H,7H2,1-6H3/i1T. The van der Waals surface area contributed by atoms with Gasteiger partial charge in [0.15, 0.2) is 8.32 Å². The summed E-state index contributed by atoms with van der Waals surface area (Å²) in [5, 5.41) is 9.08. The van der Waals surface area contributed by atoms with Crippen LogP contribution in [0.1, 0.15) is 29.0 Å². The van der Waals surface area contributed by atoms with Crippen LogP contribution in [0.25, 0.3) is 0 Å². The van der Waals surface area contributed by atoms with Crippen molar-refractivity contribution < 1.29 is 10.9 Å². The summed E-state index contributed by atoms with van der Waals surface area (Å²) in [5.74, 6) is 0. The molecule has 0 aromatic rings. The molecule has 0 aromatic heterocycles. The zero-order valence-corrected chi connectivity index (χ0v) is 9.85. The molecule has 0 aromatic carbocycles. The van der Waals surface area contributed by atoms with E-state index in [2.05, 4.69) is 33.9 Å². The molecule has 1 unspecified atom stereocenters. The first-order valence-corrected chi connectivity index (χ1v) is 7.23. The van der Waals surface area contributed by atoms with E-state index in [1.54, 1.807) is 0 Å². The molecular weight excluding hydrogens is 168 g/mol. The van der Waals surface area contributed by atoms with Crippen LogP contribution in [0.3, 0.4) is 0 Å². The fourth-order valence-corrected chi connectivity index (χ4v) is 1.89. The fourth-order valence-electron chi connectivity index (χ4n) is 0.631. The second-order valence-corrected chi connectivity index (χ2v) is 9.44. The van der Waals surface area contributed by atoms with Gasteiger partial charge in [0, 0.05) is 1.37 Å². The van der Waals surface area contributed by atoms with Crippen molar-refractivity contribution >= 4 is 8.32 Å². The van der Waals surface area contributed by atoms with E-state index in [4.69, 9.17) is 10.9 Å². The number of aliphatic hydroxyl groups excluding tert-OH is 1. The number of rotatable bonds is 3. The third-order valence-electron chi connectivity index (χ3n) is 2.47. The Bertz CT molecular complexity index is 150. The van der Waals surface area contributed by atoms with E-state index in [0.717, 1.165) is 0 Å². The van der Waals surface area contributed by atoms with Crippen molar-refractivity contribution in [3.05, 3.63) is 0 Å². The lowest BCUT2D eigenvalue weighted by Gasteiger charge is -2.38. The van der Waals surface area contributed by atoms with E-state index in [1.165, 1.54) is 0 Å². The minimum atomic E-state index is -1.79. The van der Waals surface area contributed by atoms with Crippen LogP contribution in [0.2, 0.25) is 18.1 Å². The van der Waals surface area contributed by atoms with Crippen molar-refractivity contribution in [3.8, 4) is 0 Å². The Balaban J connectivity index is 4.31. The SMILES string of the molecule is [3H]CC(CO)O[Si](C)(C)C(C)(C)C. The van der Waals surface area contributed by atoms with Gasteiger partial charge in [0.1, 0.15) is 0 Å².